The summed E-state index contributed by atoms with van der Waals surface area (Å²) < 4.78 is 5.48. The van der Waals surface area contributed by atoms with E-state index in [0.717, 1.165) is 51.0 Å². The Hall–Kier alpha value is -2.28. The number of hydrogen-bond donors (Lipinski definition) is 1. The molecule has 0 aromatic heterocycles. The average Bonchev–Trinajstić information content (AvgIpc) is 3.31. The smallest absolute Gasteiger partial charge is 0.410 e. The van der Waals surface area contributed by atoms with Gasteiger partial charge in [-0.2, -0.15) is 0 Å². The van der Waals surface area contributed by atoms with Crippen LogP contribution in [0.4, 0.5) is 9.59 Å². The van der Waals surface area contributed by atoms with E-state index in [1.807, 2.05) is 35.2 Å². The van der Waals surface area contributed by atoms with E-state index in [0.29, 0.717) is 25.1 Å². The Bertz CT molecular complexity index is 801. The summed E-state index contributed by atoms with van der Waals surface area (Å²) in [7, 11) is 0. The molecule has 2 amide bonds. The van der Waals surface area contributed by atoms with Gasteiger partial charge in [-0.3, -0.25) is 9.80 Å². The molecule has 1 aromatic rings. The van der Waals surface area contributed by atoms with Crippen LogP contribution in [0.2, 0.25) is 0 Å². The normalized spacial score (nSPS) is 27.0. The third kappa shape index (κ3) is 4.25. The van der Waals surface area contributed by atoms with Gasteiger partial charge in [-0.05, 0) is 36.2 Å². The summed E-state index contributed by atoms with van der Waals surface area (Å²) in [5.41, 5.74) is 0.602. The monoisotopic (exact) mass is 429 g/mol. The van der Waals surface area contributed by atoms with E-state index in [4.69, 9.17) is 4.74 Å². The van der Waals surface area contributed by atoms with Crippen LogP contribution >= 0.6 is 0 Å². The van der Waals surface area contributed by atoms with Crippen LogP contribution in [-0.4, -0.2) is 76.3 Å². The maximum absolute atomic E-state index is 12.4. The zero-order valence-corrected chi connectivity index (χ0v) is 18.9. The number of carbonyl (C=O) groups excluding carboxylic acids is 1. The topological polar surface area (TPSA) is 73.3 Å². The zero-order valence-electron chi connectivity index (χ0n) is 18.9. The molecule has 2 atom stereocenters. The maximum atomic E-state index is 12.4. The second-order valence-electron chi connectivity index (χ2n) is 10.4. The number of likely N-dealkylation sites (tertiary alicyclic amines) is 3. The third-order valence-corrected chi connectivity index (χ3v) is 7.66. The fourth-order valence-corrected chi connectivity index (χ4v) is 5.67. The minimum absolute atomic E-state index is 0.0965. The van der Waals surface area contributed by atoms with Crippen LogP contribution in [0, 0.1) is 11.3 Å². The largest absolute Gasteiger partial charge is 0.465 e. The lowest BCUT2D eigenvalue weighted by atomic mass is 9.73. The SMILES string of the molecule is CC(C)(C)[C@@]12C[C@H](CN1C(=O)O)N(CC1CCN(C(=O)OCc3ccccc3)CC1)C2. The lowest BCUT2D eigenvalue weighted by Crippen LogP contribution is -2.62. The molecule has 2 bridgehead atoms. The fraction of sp³-hybridized carbons (Fsp3) is 0.667. The first-order chi connectivity index (χ1) is 14.7. The summed E-state index contributed by atoms with van der Waals surface area (Å²) in [4.78, 5) is 30.3. The van der Waals surface area contributed by atoms with Gasteiger partial charge in [0.05, 0.1) is 5.54 Å². The lowest BCUT2D eigenvalue weighted by molar-refractivity contribution is -0.00312. The van der Waals surface area contributed by atoms with Crippen molar-refractivity contribution in [3.8, 4) is 0 Å². The standard InChI is InChI=1S/C24H35N3O4/c1-23(2,3)24-13-20(15-27(24)21(28)29)26(17-24)14-18-9-11-25(12-10-18)22(30)31-16-19-7-5-4-6-8-19/h4-8,18,20H,9-17H2,1-3H3,(H,28,29)/t20-,24+/m1/s1. The predicted octanol–water partition coefficient (Wildman–Crippen LogP) is 3.89. The molecule has 3 saturated heterocycles. The van der Waals surface area contributed by atoms with E-state index in [9.17, 15) is 14.7 Å². The van der Waals surface area contributed by atoms with E-state index < -0.39 is 6.09 Å². The van der Waals surface area contributed by atoms with Crippen molar-refractivity contribution < 1.29 is 19.4 Å². The number of fused-ring (bicyclic) bond motifs is 2. The first kappa shape index (κ1) is 21.9. The molecule has 7 nitrogen and oxygen atoms in total. The summed E-state index contributed by atoms with van der Waals surface area (Å²) >= 11 is 0. The van der Waals surface area contributed by atoms with Crippen molar-refractivity contribution >= 4 is 12.2 Å². The maximum Gasteiger partial charge on any atom is 0.410 e. The Morgan fingerprint density at radius 1 is 1.16 bits per heavy atom. The first-order valence-corrected chi connectivity index (χ1v) is 11.4. The molecular weight excluding hydrogens is 394 g/mol. The van der Waals surface area contributed by atoms with Crippen molar-refractivity contribution in [2.75, 3.05) is 32.7 Å². The summed E-state index contributed by atoms with van der Waals surface area (Å²) in [5, 5.41) is 9.73. The van der Waals surface area contributed by atoms with Gasteiger partial charge in [-0.25, -0.2) is 9.59 Å². The molecule has 0 aliphatic carbocycles. The number of nitrogens with zero attached hydrogens (tertiary/aromatic N) is 3. The van der Waals surface area contributed by atoms with Crippen LogP contribution in [0.25, 0.3) is 0 Å². The van der Waals surface area contributed by atoms with Gasteiger partial charge in [0.25, 0.3) is 0 Å². The van der Waals surface area contributed by atoms with Crippen molar-refractivity contribution in [2.24, 2.45) is 11.3 Å². The highest BCUT2D eigenvalue weighted by Crippen LogP contribution is 2.50. The Labute approximate surface area is 184 Å². The molecule has 0 unspecified atom stereocenters. The molecule has 0 radical (unpaired) electrons. The molecule has 0 spiro atoms. The van der Waals surface area contributed by atoms with E-state index in [1.165, 1.54) is 0 Å². The van der Waals surface area contributed by atoms with Crippen LogP contribution in [-0.2, 0) is 11.3 Å². The molecule has 1 N–H and O–H groups in total. The molecular formula is C24H35N3O4. The Balaban J connectivity index is 1.27. The lowest BCUT2D eigenvalue weighted by Gasteiger charge is -2.49. The first-order valence-electron chi connectivity index (χ1n) is 11.4. The molecule has 3 fully saturated rings. The summed E-state index contributed by atoms with van der Waals surface area (Å²) in [6.07, 6.45) is 1.84. The highest BCUT2D eigenvalue weighted by Gasteiger charge is 2.61. The van der Waals surface area contributed by atoms with Gasteiger partial charge in [0.15, 0.2) is 0 Å². The molecule has 3 aliphatic rings. The quantitative estimate of drug-likeness (QED) is 0.786. The third-order valence-electron chi connectivity index (χ3n) is 7.66. The van der Waals surface area contributed by atoms with Crippen molar-refractivity contribution in [3.05, 3.63) is 35.9 Å². The van der Waals surface area contributed by atoms with Gasteiger partial charge in [-0.1, -0.05) is 51.1 Å². The van der Waals surface area contributed by atoms with Crippen LogP contribution in [0.5, 0.6) is 0 Å². The number of amides is 2. The van der Waals surface area contributed by atoms with Crippen molar-refractivity contribution in [1.82, 2.24) is 14.7 Å². The van der Waals surface area contributed by atoms with Crippen molar-refractivity contribution in [3.63, 3.8) is 0 Å². The number of carboxylic acid groups (broad SMARTS) is 1. The summed E-state index contributed by atoms with van der Waals surface area (Å²) in [6.45, 7) is 10.7. The number of ether oxygens (including phenoxy) is 1. The number of rotatable bonds is 4. The number of benzene rings is 1. The highest BCUT2D eigenvalue weighted by atomic mass is 16.6. The zero-order chi connectivity index (χ0) is 22.2. The molecule has 4 rings (SSSR count). The van der Waals surface area contributed by atoms with Crippen molar-refractivity contribution in [2.45, 2.75) is 58.2 Å². The minimum Gasteiger partial charge on any atom is -0.465 e. The number of piperidine rings is 1. The molecule has 0 saturated carbocycles. The average molecular weight is 430 g/mol. The van der Waals surface area contributed by atoms with Crippen LogP contribution in [0.15, 0.2) is 30.3 Å². The fourth-order valence-electron chi connectivity index (χ4n) is 5.67. The highest BCUT2D eigenvalue weighted by molar-refractivity contribution is 5.68. The number of hydrogen-bond acceptors (Lipinski definition) is 4. The molecule has 7 heteroatoms. The molecule has 1 aromatic carbocycles. The number of piperazine rings is 1. The van der Waals surface area contributed by atoms with E-state index in [2.05, 4.69) is 25.7 Å². The minimum atomic E-state index is -0.792. The summed E-state index contributed by atoms with van der Waals surface area (Å²) in [6, 6.07) is 10.1. The number of carbonyl (C=O) groups is 2. The van der Waals surface area contributed by atoms with Crippen LogP contribution < -0.4 is 0 Å². The van der Waals surface area contributed by atoms with Gasteiger partial charge in [-0.15, -0.1) is 0 Å². The predicted molar refractivity (Wildman–Crippen MR) is 118 cm³/mol. The van der Waals surface area contributed by atoms with Gasteiger partial charge < -0.3 is 14.7 Å². The van der Waals surface area contributed by atoms with Crippen molar-refractivity contribution in [1.29, 1.82) is 0 Å². The van der Waals surface area contributed by atoms with Gasteiger partial charge in [0, 0.05) is 38.8 Å². The van der Waals surface area contributed by atoms with Crippen LogP contribution in [0.3, 0.4) is 0 Å². The summed E-state index contributed by atoms with van der Waals surface area (Å²) in [5.74, 6) is 0.535. The van der Waals surface area contributed by atoms with Crippen LogP contribution in [0.1, 0.15) is 45.6 Å². The molecule has 31 heavy (non-hydrogen) atoms. The van der Waals surface area contributed by atoms with Gasteiger partial charge >= 0.3 is 12.2 Å². The van der Waals surface area contributed by atoms with Gasteiger partial charge in [0.2, 0.25) is 0 Å². The van der Waals surface area contributed by atoms with E-state index in [-0.39, 0.29) is 17.0 Å². The molecule has 3 heterocycles. The molecule has 170 valence electrons. The Kier molecular flexibility index (Phi) is 5.90. The van der Waals surface area contributed by atoms with E-state index in [1.54, 1.807) is 4.90 Å². The second-order valence-corrected chi connectivity index (χ2v) is 10.4. The molecule has 3 aliphatic heterocycles. The van der Waals surface area contributed by atoms with Gasteiger partial charge in [0.1, 0.15) is 6.61 Å². The Morgan fingerprint density at radius 2 is 1.84 bits per heavy atom. The Morgan fingerprint density at radius 3 is 2.45 bits per heavy atom. The van der Waals surface area contributed by atoms with E-state index >= 15 is 0 Å². The second kappa shape index (κ2) is 8.34.